The lowest BCUT2D eigenvalue weighted by Crippen LogP contribution is -2.86. The van der Waals surface area contributed by atoms with Crippen LogP contribution in [0.3, 0.4) is 0 Å². The summed E-state index contributed by atoms with van der Waals surface area (Å²) in [5, 5.41) is 0.175. The molecule has 0 atom stereocenters. The van der Waals surface area contributed by atoms with Crippen molar-refractivity contribution in [2.24, 2.45) is 0 Å². The number of alkyl halides is 11. The van der Waals surface area contributed by atoms with Gasteiger partial charge in [-0.2, -0.15) is 43.9 Å². The molecule has 1 N–H and O–H groups in total. The first-order chi connectivity index (χ1) is 15.8. The number of carbonyl (C=O) groups is 2. The van der Waals surface area contributed by atoms with Crippen LogP contribution in [-0.4, -0.2) is 53.8 Å². The molecule has 1 saturated carbocycles. The number of aryl methyl sites for hydroxylation is 1. The maximum atomic E-state index is 15.1. The molecule has 4 nitrogen and oxygen atoms in total. The van der Waals surface area contributed by atoms with Crippen LogP contribution in [0.1, 0.15) is 47.0 Å². The van der Waals surface area contributed by atoms with Gasteiger partial charge >= 0.3 is 41.3 Å². The van der Waals surface area contributed by atoms with Crippen LogP contribution in [0.2, 0.25) is 0 Å². The van der Waals surface area contributed by atoms with E-state index in [-0.39, 0.29) is 25.0 Å². The minimum absolute atomic E-state index is 0.144. The second-order valence-corrected chi connectivity index (χ2v) is 9.08. The van der Waals surface area contributed by atoms with E-state index in [4.69, 9.17) is 4.74 Å². The second kappa shape index (κ2) is 8.20. The summed E-state index contributed by atoms with van der Waals surface area (Å²) in [5.41, 5.74) is -7.25. The SMILES string of the molecule is CCOC(=O)c1c(NC(=O)C2(F)C(F)(F)C(F)(F)C(F)(F)C(F)(F)C2(F)F)sc2c1CCCCC2. The van der Waals surface area contributed by atoms with Crippen molar-refractivity contribution in [2.75, 3.05) is 11.9 Å². The van der Waals surface area contributed by atoms with E-state index < -0.39 is 57.7 Å². The zero-order valence-corrected chi connectivity index (χ0v) is 18.3. The quantitative estimate of drug-likeness (QED) is 0.285. The molecule has 1 fully saturated rings. The Morgan fingerprint density at radius 3 is 1.80 bits per heavy atom. The van der Waals surface area contributed by atoms with Gasteiger partial charge in [-0.25, -0.2) is 9.18 Å². The molecule has 0 saturated heterocycles. The highest BCUT2D eigenvalue weighted by atomic mass is 32.1. The summed E-state index contributed by atoms with van der Waals surface area (Å²) >= 11 is 0.408. The molecule has 198 valence electrons. The fraction of sp³-hybridized carbons (Fsp3) is 0.684. The number of amides is 1. The summed E-state index contributed by atoms with van der Waals surface area (Å²) < 4.78 is 158. The Labute approximate surface area is 193 Å². The van der Waals surface area contributed by atoms with Crippen molar-refractivity contribution in [1.82, 2.24) is 0 Å². The maximum Gasteiger partial charge on any atom is 0.384 e. The summed E-state index contributed by atoms with van der Waals surface area (Å²) in [4.78, 5) is 25.0. The summed E-state index contributed by atoms with van der Waals surface area (Å²) in [6, 6.07) is 0. The average molecular weight is 547 g/mol. The average Bonchev–Trinajstić information content (AvgIpc) is 2.91. The van der Waals surface area contributed by atoms with Crippen LogP contribution >= 0.6 is 11.3 Å². The van der Waals surface area contributed by atoms with Crippen molar-refractivity contribution in [3.63, 3.8) is 0 Å². The Hall–Kier alpha value is -2.13. The van der Waals surface area contributed by atoms with Gasteiger partial charge in [-0.15, -0.1) is 11.3 Å². The predicted molar refractivity (Wildman–Crippen MR) is 98.7 cm³/mol. The monoisotopic (exact) mass is 547 g/mol. The molecule has 2 aliphatic rings. The van der Waals surface area contributed by atoms with Gasteiger partial charge in [0.1, 0.15) is 5.00 Å². The fourth-order valence-corrected chi connectivity index (χ4v) is 5.22. The van der Waals surface area contributed by atoms with E-state index in [0.717, 1.165) is 5.32 Å². The van der Waals surface area contributed by atoms with E-state index in [1.807, 2.05) is 0 Å². The second-order valence-electron chi connectivity index (χ2n) is 7.97. The standard InChI is InChI=1S/C19H16F11NO3S/c1-2-34-12(32)10-8-6-4-3-5-7-9(8)35-11(10)31-13(33)14(20)15(21,22)17(25,26)19(29,30)18(27,28)16(14,23)24/h2-7H2,1H3,(H,31,33). The molecule has 0 bridgehead atoms. The molecule has 0 spiro atoms. The van der Waals surface area contributed by atoms with E-state index in [2.05, 4.69) is 0 Å². The van der Waals surface area contributed by atoms with E-state index >= 15 is 4.39 Å². The number of anilines is 1. The molecule has 1 aromatic heterocycles. The fourth-order valence-electron chi connectivity index (χ4n) is 3.95. The number of rotatable bonds is 4. The van der Waals surface area contributed by atoms with Gasteiger partial charge in [0.2, 0.25) is 0 Å². The number of thiophene rings is 1. The number of hydrogen-bond donors (Lipinski definition) is 1. The van der Waals surface area contributed by atoms with Crippen molar-refractivity contribution >= 4 is 28.2 Å². The van der Waals surface area contributed by atoms with Crippen LogP contribution in [0.15, 0.2) is 0 Å². The lowest BCUT2D eigenvalue weighted by atomic mass is 9.71. The van der Waals surface area contributed by atoms with E-state index in [1.165, 1.54) is 6.92 Å². The molecule has 0 aromatic carbocycles. The zero-order chi connectivity index (χ0) is 26.8. The van der Waals surface area contributed by atoms with Crippen LogP contribution < -0.4 is 5.32 Å². The summed E-state index contributed by atoms with van der Waals surface area (Å²) in [6.45, 7) is 1.07. The van der Waals surface area contributed by atoms with Gasteiger partial charge in [-0.05, 0) is 38.2 Å². The highest BCUT2D eigenvalue weighted by Gasteiger charge is 3.02. The van der Waals surface area contributed by atoms with Crippen molar-refractivity contribution in [1.29, 1.82) is 0 Å². The molecule has 3 rings (SSSR count). The lowest BCUT2D eigenvalue weighted by molar-refractivity contribution is -0.475. The summed E-state index contributed by atoms with van der Waals surface area (Å²) in [5.74, 6) is -41.5. The van der Waals surface area contributed by atoms with Crippen LogP contribution in [0.25, 0.3) is 0 Å². The molecule has 0 aliphatic heterocycles. The number of ether oxygens (including phenoxy) is 1. The molecule has 1 aromatic rings. The normalized spacial score (nSPS) is 25.1. The van der Waals surface area contributed by atoms with Gasteiger partial charge in [0, 0.05) is 4.88 Å². The van der Waals surface area contributed by atoms with Crippen LogP contribution in [0.5, 0.6) is 0 Å². The first-order valence-electron chi connectivity index (χ1n) is 10.1. The Bertz CT molecular complexity index is 1010. The molecule has 1 amide bonds. The van der Waals surface area contributed by atoms with Gasteiger partial charge in [-0.3, -0.25) is 4.79 Å². The zero-order valence-electron chi connectivity index (χ0n) is 17.5. The molecular weight excluding hydrogens is 531 g/mol. The number of nitrogens with one attached hydrogen (secondary N) is 1. The molecule has 2 aliphatic carbocycles. The Kier molecular flexibility index (Phi) is 6.43. The van der Waals surface area contributed by atoms with Crippen molar-refractivity contribution in [2.45, 2.75) is 74.3 Å². The van der Waals surface area contributed by atoms with Crippen LogP contribution in [0, 0.1) is 0 Å². The first-order valence-corrected chi connectivity index (χ1v) is 10.9. The number of fused-ring (bicyclic) bond motifs is 1. The minimum atomic E-state index is -7.43. The maximum absolute atomic E-state index is 15.1. The summed E-state index contributed by atoms with van der Waals surface area (Å²) in [6.07, 6.45) is 2.05. The predicted octanol–water partition coefficient (Wildman–Crippen LogP) is 6.03. The topological polar surface area (TPSA) is 55.4 Å². The Balaban J connectivity index is 2.17. The highest BCUT2D eigenvalue weighted by Crippen LogP contribution is 2.69. The van der Waals surface area contributed by atoms with Crippen LogP contribution in [-0.2, 0) is 22.4 Å². The van der Waals surface area contributed by atoms with Gasteiger partial charge in [0.25, 0.3) is 5.91 Å². The highest BCUT2D eigenvalue weighted by molar-refractivity contribution is 7.17. The van der Waals surface area contributed by atoms with E-state index in [0.29, 0.717) is 35.5 Å². The number of hydrogen-bond acceptors (Lipinski definition) is 4. The molecular formula is C19H16F11NO3S. The number of esters is 1. The van der Waals surface area contributed by atoms with E-state index in [9.17, 15) is 53.5 Å². The van der Waals surface area contributed by atoms with E-state index in [1.54, 1.807) is 0 Å². The van der Waals surface area contributed by atoms with Crippen LogP contribution in [0.4, 0.5) is 53.3 Å². The smallest absolute Gasteiger partial charge is 0.384 e. The summed E-state index contributed by atoms with van der Waals surface area (Å²) in [7, 11) is 0. The van der Waals surface area contributed by atoms with Gasteiger partial charge in [0.15, 0.2) is 0 Å². The number of carbonyl (C=O) groups excluding carboxylic acids is 2. The first kappa shape index (κ1) is 27.5. The van der Waals surface area contributed by atoms with Gasteiger partial charge in [0.05, 0.1) is 12.2 Å². The minimum Gasteiger partial charge on any atom is -0.462 e. The van der Waals surface area contributed by atoms with Gasteiger partial charge < -0.3 is 10.1 Å². The Morgan fingerprint density at radius 1 is 0.800 bits per heavy atom. The molecule has 0 radical (unpaired) electrons. The van der Waals surface area contributed by atoms with Crippen molar-refractivity contribution in [3.05, 3.63) is 16.0 Å². The molecule has 0 unspecified atom stereocenters. The van der Waals surface area contributed by atoms with Gasteiger partial charge in [-0.1, -0.05) is 6.42 Å². The third kappa shape index (κ3) is 3.30. The van der Waals surface area contributed by atoms with Crippen molar-refractivity contribution < 1.29 is 62.6 Å². The Morgan fingerprint density at radius 2 is 1.29 bits per heavy atom. The molecule has 1 heterocycles. The van der Waals surface area contributed by atoms with Crippen molar-refractivity contribution in [3.8, 4) is 0 Å². The molecule has 35 heavy (non-hydrogen) atoms. The number of halogens is 11. The largest absolute Gasteiger partial charge is 0.462 e. The lowest BCUT2D eigenvalue weighted by Gasteiger charge is -2.51. The molecule has 16 heteroatoms. The third-order valence-corrected chi connectivity index (χ3v) is 7.09. The third-order valence-electron chi connectivity index (χ3n) is 5.88.